The zero-order chi connectivity index (χ0) is 11.3. The van der Waals surface area contributed by atoms with E-state index in [2.05, 4.69) is 15.5 Å². The van der Waals surface area contributed by atoms with Crippen LogP contribution in [-0.4, -0.2) is 16.6 Å². The molecule has 1 heterocycles. The van der Waals surface area contributed by atoms with Crippen LogP contribution in [0.15, 0.2) is 23.4 Å². The van der Waals surface area contributed by atoms with Gasteiger partial charge in [-0.15, -0.1) is 0 Å². The topological polar surface area (TPSA) is 54.4 Å². The maximum absolute atomic E-state index is 11.6. The summed E-state index contributed by atoms with van der Waals surface area (Å²) in [6.45, 7) is 5.71. The summed E-state index contributed by atoms with van der Waals surface area (Å²) in [5.41, 5.74) is 4.79. The van der Waals surface area contributed by atoms with Gasteiger partial charge in [0.25, 0.3) is 5.91 Å². The quantitative estimate of drug-likeness (QED) is 0.605. The van der Waals surface area contributed by atoms with Crippen LogP contribution in [0.4, 0.5) is 0 Å². The smallest absolute Gasteiger partial charge is 0.267 e. The molecule has 4 heteroatoms. The van der Waals surface area contributed by atoms with E-state index < -0.39 is 0 Å². The summed E-state index contributed by atoms with van der Waals surface area (Å²) in [4.78, 5) is 15.6. The van der Waals surface area contributed by atoms with Crippen LogP contribution in [0.1, 0.15) is 36.3 Å². The normalized spacial score (nSPS) is 11.3. The summed E-state index contributed by atoms with van der Waals surface area (Å²) in [5, 5.41) is 3.95. The van der Waals surface area contributed by atoms with Crippen molar-refractivity contribution in [3.05, 3.63) is 29.6 Å². The summed E-state index contributed by atoms with van der Waals surface area (Å²) in [6, 6.07) is 3.39. The average Bonchev–Trinajstić information content (AvgIpc) is 2.25. The van der Waals surface area contributed by atoms with Crippen LogP contribution in [-0.2, 0) is 0 Å². The predicted octanol–water partition coefficient (Wildman–Crippen LogP) is 1.91. The molecule has 0 saturated heterocycles. The van der Waals surface area contributed by atoms with E-state index in [0.717, 1.165) is 17.8 Å². The minimum Gasteiger partial charge on any atom is -0.267 e. The van der Waals surface area contributed by atoms with E-state index in [1.54, 1.807) is 18.3 Å². The highest BCUT2D eigenvalue weighted by atomic mass is 16.2. The zero-order valence-corrected chi connectivity index (χ0v) is 9.24. The maximum Gasteiger partial charge on any atom is 0.271 e. The van der Waals surface area contributed by atoms with Gasteiger partial charge in [0.1, 0.15) is 0 Å². The molecule has 80 valence electrons. The Balaban J connectivity index is 2.70. The van der Waals surface area contributed by atoms with E-state index in [1.807, 2.05) is 20.8 Å². The van der Waals surface area contributed by atoms with Crippen LogP contribution in [0, 0.1) is 6.92 Å². The molecular formula is C11H15N3O. The SMILES string of the molecule is CCC(C)=NNC(=O)c1ccnc(C)c1. The number of hydrogen-bond acceptors (Lipinski definition) is 3. The Morgan fingerprint density at radius 2 is 2.33 bits per heavy atom. The van der Waals surface area contributed by atoms with Gasteiger partial charge in [0, 0.05) is 23.2 Å². The number of hydrogen-bond donors (Lipinski definition) is 1. The molecule has 0 unspecified atom stereocenters. The van der Waals surface area contributed by atoms with Gasteiger partial charge >= 0.3 is 0 Å². The monoisotopic (exact) mass is 205 g/mol. The van der Waals surface area contributed by atoms with Gasteiger partial charge in [0.05, 0.1) is 0 Å². The van der Waals surface area contributed by atoms with E-state index >= 15 is 0 Å². The molecule has 0 aromatic carbocycles. The lowest BCUT2D eigenvalue weighted by molar-refractivity contribution is 0.0954. The molecule has 0 bridgehead atoms. The average molecular weight is 205 g/mol. The number of carbonyl (C=O) groups is 1. The van der Waals surface area contributed by atoms with Crippen LogP contribution in [0.5, 0.6) is 0 Å². The van der Waals surface area contributed by atoms with Crippen molar-refractivity contribution in [2.24, 2.45) is 5.10 Å². The van der Waals surface area contributed by atoms with Crippen LogP contribution < -0.4 is 5.43 Å². The first-order valence-electron chi connectivity index (χ1n) is 4.89. The Labute approximate surface area is 89.4 Å². The number of carbonyl (C=O) groups excluding carboxylic acids is 1. The summed E-state index contributed by atoms with van der Waals surface area (Å²) < 4.78 is 0. The minimum absolute atomic E-state index is 0.201. The van der Waals surface area contributed by atoms with Gasteiger partial charge in [-0.3, -0.25) is 9.78 Å². The number of hydrazone groups is 1. The van der Waals surface area contributed by atoms with E-state index in [9.17, 15) is 4.79 Å². The molecule has 0 saturated carbocycles. The number of aromatic nitrogens is 1. The summed E-state index contributed by atoms with van der Waals surface area (Å²) in [5.74, 6) is -0.201. The fourth-order valence-electron chi connectivity index (χ4n) is 0.977. The largest absolute Gasteiger partial charge is 0.271 e. The van der Waals surface area contributed by atoms with Crippen LogP contribution in [0.3, 0.4) is 0 Å². The third-order valence-electron chi connectivity index (χ3n) is 2.02. The van der Waals surface area contributed by atoms with Crippen molar-refractivity contribution >= 4 is 11.6 Å². The second-order valence-corrected chi connectivity index (χ2v) is 3.33. The molecule has 0 spiro atoms. The van der Waals surface area contributed by atoms with E-state index in [-0.39, 0.29) is 5.91 Å². The fraction of sp³-hybridized carbons (Fsp3) is 0.364. The number of aryl methyl sites for hydroxylation is 1. The van der Waals surface area contributed by atoms with Crippen molar-refractivity contribution in [3.63, 3.8) is 0 Å². The number of nitrogens with one attached hydrogen (secondary N) is 1. The number of amides is 1. The molecule has 1 aromatic rings. The lowest BCUT2D eigenvalue weighted by Gasteiger charge is -2.01. The van der Waals surface area contributed by atoms with E-state index in [1.165, 1.54) is 0 Å². The highest BCUT2D eigenvalue weighted by molar-refractivity contribution is 5.95. The first kappa shape index (κ1) is 11.4. The fourth-order valence-corrected chi connectivity index (χ4v) is 0.977. The Kier molecular flexibility index (Phi) is 3.97. The van der Waals surface area contributed by atoms with Gasteiger partial charge < -0.3 is 0 Å². The van der Waals surface area contributed by atoms with E-state index in [0.29, 0.717) is 5.56 Å². The lowest BCUT2D eigenvalue weighted by atomic mass is 10.2. The highest BCUT2D eigenvalue weighted by Gasteiger charge is 2.03. The lowest BCUT2D eigenvalue weighted by Crippen LogP contribution is -2.19. The number of rotatable bonds is 3. The molecule has 0 aliphatic carbocycles. The molecule has 0 atom stereocenters. The molecule has 0 aliphatic rings. The molecule has 15 heavy (non-hydrogen) atoms. The van der Waals surface area contributed by atoms with Gasteiger partial charge in [0.2, 0.25) is 0 Å². The summed E-state index contributed by atoms with van der Waals surface area (Å²) in [7, 11) is 0. The van der Waals surface area contributed by atoms with Crippen LogP contribution in [0.2, 0.25) is 0 Å². The molecule has 0 fully saturated rings. The third kappa shape index (κ3) is 3.50. The van der Waals surface area contributed by atoms with Crippen molar-refractivity contribution < 1.29 is 4.79 Å². The minimum atomic E-state index is -0.201. The molecule has 0 aliphatic heterocycles. The van der Waals surface area contributed by atoms with Crippen molar-refractivity contribution in [2.75, 3.05) is 0 Å². The molecular weight excluding hydrogens is 190 g/mol. The maximum atomic E-state index is 11.6. The van der Waals surface area contributed by atoms with E-state index in [4.69, 9.17) is 0 Å². The Bertz CT molecular complexity index is 385. The van der Waals surface area contributed by atoms with Gasteiger partial charge in [-0.25, -0.2) is 5.43 Å². The van der Waals surface area contributed by atoms with Gasteiger partial charge in [0.15, 0.2) is 0 Å². The van der Waals surface area contributed by atoms with Crippen molar-refractivity contribution in [3.8, 4) is 0 Å². The highest BCUT2D eigenvalue weighted by Crippen LogP contribution is 2.00. The third-order valence-corrected chi connectivity index (χ3v) is 2.02. The van der Waals surface area contributed by atoms with Crippen molar-refractivity contribution in [1.29, 1.82) is 0 Å². The van der Waals surface area contributed by atoms with Crippen molar-refractivity contribution in [1.82, 2.24) is 10.4 Å². The summed E-state index contributed by atoms with van der Waals surface area (Å²) in [6.07, 6.45) is 2.44. The first-order valence-corrected chi connectivity index (χ1v) is 4.89. The van der Waals surface area contributed by atoms with Gasteiger partial charge in [-0.2, -0.15) is 5.10 Å². The standard InChI is InChI=1S/C11H15N3O/c1-4-8(2)13-14-11(15)10-5-6-12-9(3)7-10/h5-7H,4H2,1-3H3,(H,14,15). The second kappa shape index (κ2) is 5.24. The van der Waals surface area contributed by atoms with Crippen LogP contribution in [0.25, 0.3) is 0 Å². The zero-order valence-electron chi connectivity index (χ0n) is 9.24. The number of pyridine rings is 1. The number of nitrogens with zero attached hydrogens (tertiary/aromatic N) is 2. The predicted molar refractivity (Wildman–Crippen MR) is 59.8 cm³/mol. The van der Waals surface area contributed by atoms with Gasteiger partial charge in [-0.1, -0.05) is 6.92 Å². The Hall–Kier alpha value is -1.71. The molecule has 4 nitrogen and oxygen atoms in total. The van der Waals surface area contributed by atoms with Gasteiger partial charge in [-0.05, 0) is 32.4 Å². The van der Waals surface area contributed by atoms with Crippen molar-refractivity contribution in [2.45, 2.75) is 27.2 Å². The Morgan fingerprint density at radius 1 is 1.60 bits per heavy atom. The first-order chi connectivity index (χ1) is 7.13. The molecule has 1 amide bonds. The van der Waals surface area contributed by atoms with Crippen LogP contribution >= 0.6 is 0 Å². The molecule has 1 aromatic heterocycles. The molecule has 0 radical (unpaired) electrons. The Morgan fingerprint density at radius 3 is 2.93 bits per heavy atom. The second-order valence-electron chi connectivity index (χ2n) is 3.33. The molecule has 1 rings (SSSR count). The molecule has 1 N–H and O–H groups in total. The summed E-state index contributed by atoms with van der Waals surface area (Å²) >= 11 is 0.